The first-order valence-electron chi connectivity index (χ1n) is 21.4. The Morgan fingerprint density at radius 1 is 1.02 bits per heavy atom. The van der Waals surface area contributed by atoms with Gasteiger partial charge in [-0.1, -0.05) is 43.2 Å². The van der Waals surface area contributed by atoms with Crippen molar-refractivity contribution in [3.8, 4) is 11.5 Å². The summed E-state index contributed by atoms with van der Waals surface area (Å²) in [5.74, 6) is -0.448. The summed E-state index contributed by atoms with van der Waals surface area (Å²) < 4.78 is 41.9. The van der Waals surface area contributed by atoms with Crippen molar-refractivity contribution in [1.82, 2.24) is 24.5 Å². The SMILES string of the molecule is CC1(C)CCC(CN2CCN(c3ccc(C(=O)NS(=O)(=O)c4cc5c(c([N+](=O)[O-])c4)NC(CN4CCOCC4)C5)c(Oc4cnc5[nH]ccc5c4)c3)CC2)=C(c2ccc(Cl)cc2)C1. The van der Waals surface area contributed by atoms with Gasteiger partial charge in [-0.3, -0.25) is 24.7 Å². The third-order valence-electron chi connectivity index (χ3n) is 12.6. The van der Waals surface area contributed by atoms with E-state index in [-0.39, 0.29) is 33.4 Å². The largest absolute Gasteiger partial charge is 0.455 e. The van der Waals surface area contributed by atoms with Crippen molar-refractivity contribution in [1.29, 1.82) is 0 Å². The first-order valence-corrected chi connectivity index (χ1v) is 23.3. The van der Waals surface area contributed by atoms with Gasteiger partial charge in [0.15, 0.2) is 0 Å². The third-order valence-corrected chi connectivity index (χ3v) is 14.2. The van der Waals surface area contributed by atoms with Crippen LogP contribution in [0.25, 0.3) is 16.6 Å². The van der Waals surface area contributed by atoms with E-state index in [1.807, 2.05) is 18.2 Å². The Balaban J connectivity index is 0.941. The minimum atomic E-state index is -4.58. The molecule has 3 N–H and O–H groups in total. The molecule has 0 saturated carbocycles. The second-order valence-electron chi connectivity index (χ2n) is 17.7. The highest BCUT2D eigenvalue weighted by molar-refractivity contribution is 7.90. The molecule has 0 spiro atoms. The van der Waals surface area contributed by atoms with Crippen molar-refractivity contribution in [3.63, 3.8) is 0 Å². The number of hydrogen-bond acceptors (Lipinski definition) is 12. The van der Waals surface area contributed by atoms with Crippen molar-refractivity contribution >= 4 is 61.2 Å². The number of piperazine rings is 1. The molecule has 2 aromatic heterocycles. The van der Waals surface area contributed by atoms with Gasteiger partial charge in [-0.05, 0) is 90.3 Å². The number of nitro groups is 1. The number of benzene rings is 3. The maximum Gasteiger partial charge on any atom is 0.293 e. The molecule has 63 heavy (non-hydrogen) atoms. The Morgan fingerprint density at radius 2 is 1.79 bits per heavy atom. The highest BCUT2D eigenvalue weighted by Gasteiger charge is 2.34. The van der Waals surface area contributed by atoms with Crippen LogP contribution in [-0.4, -0.2) is 111 Å². The molecule has 0 radical (unpaired) electrons. The fourth-order valence-electron chi connectivity index (χ4n) is 9.23. The Kier molecular flexibility index (Phi) is 11.9. The van der Waals surface area contributed by atoms with Crippen LogP contribution in [-0.2, 0) is 21.2 Å². The molecule has 330 valence electrons. The maximum atomic E-state index is 14.1. The number of aromatic amines is 1. The van der Waals surface area contributed by atoms with Crippen LogP contribution in [0, 0.1) is 15.5 Å². The summed E-state index contributed by atoms with van der Waals surface area (Å²) in [4.78, 5) is 39.8. The Bertz CT molecular complexity index is 2690. The standard InChI is InChI=1S/C46H51ClN8O7S/c1-46(2)11-9-32(40(26-46)30-3-5-34(47)6-4-30)28-52-13-15-54(16-14-52)36-7-8-39(42(24-36)62-37-22-31-10-12-48-44(31)49-27-37)45(56)51-63(59,60)38-23-33-21-35(29-53-17-19-61-20-18-53)50-43(33)41(25-38)55(57)58/h3-8,10,12,22-25,27,35,50H,9,11,13-21,26,28-29H2,1-2H3,(H,48,49)(H,51,56). The van der Waals surface area contributed by atoms with Crippen LogP contribution >= 0.6 is 11.6 Å². The Labute approximate surface area is 371 Å². The van der Waals surface area contributed by atoms with E-state index < -0.39 is 20.9 Å². The molecule has 1 amide bonds. The van der Waals surface area contributed by atoms with Gasteiger partial charge < -0.3 is 24.7 Å². The van der Waals surface area contributed by atoms with E-state index in [1.54, 1.807) is 30.5 Å². The third kappa shape index (κ3) is 9.55. The molecular weight excluding hydrogens is 844 g/mol. The van der Waals surface area contributed by atoms with E-state index in [0.717, 1.165) is 87.2 Å². The van der Waals surface area contributed by atoms with Crippen LogP contribution in [0.4, 0.5) is 17.1 Å². The number of carbonyl (C=O) groups excluding carboxylic acids is 1. The molecule has 3 aromatic carbocycles. The van der Waals surface area contributed by atoms with Gasteiger partial charge >= 0.3 is 0 Å². The van der Waals surface area contributed by atoms with Crippen molar-refractivity contribution in [2.45, 2.75) is 50.5 Å². The predicted molar refractivity (Wildman–Crippen MR) is 243 cm³/mol. The number of ether oxygens (including phenoxy) is 2. The summed E-state index contributed by atoms with van der Waals surface area (Å²) in [6, 6.07) is 19.2. The number of morpholine rings is 1. The minimum absolute atomic E-state index is 0.0279. The number of hydrogen-bond donors (Lipinski definition) is 3. The quantitative estimate of drug-likeness (QED) is 0.0833. The lowest BCUT2D eigenvalue weighted by atomic mass is 9.72. The van der Waals surface area contributed by atoms with Crippen LogP contribution in [0.5, 0.6) is 11.5 Å². The maximum absolute atomic E-state index is 14.1. The number of H-pyrrole nitrogens is 1. The minimum Gasteiger partial charge on any atom is -0.455 e. The number of nitro benzene ring substituents is 1. The van der Waals surface area contributed by atoms with Gasteiger partial charge in [0, 0.05) is 92.8 Å². The Morgan fingerprint density at radius 3 is 2.56 bits per heavy atom. The molecule has 4 aliphatic rings. The number of rotatable bonds is 12. The topological polar surface area (TPSA) is 175 Å². The van der Waals surface area contributed by atoms with Crippen molar-refractivity contribution in [2.24, 2.45) is 5.41 Å². The summed E-state index contributed by atoms with van der Waals surface area (Å²) >= 11 is 6.25. The molecule has 5 heterocycles. The normalized spacial score (nSPS) is 19.5. The van der Waals surface area contributed by atoms with Crippen LogP contribution in [0.1, 0.15) is 54.6 Å². The molecule has 1 aliphatic carbocycles. The van der Waals surface area contributed by atoms with Crippen LogP contribution in [0.3, 0.4) is 0 Å². The van der Waals surface area contributed by atoms with Crippen molar-refractivity contribution in [2.75, 3.05) is 75.8 Å². The average Bonchev–Trinajstić information content (AvgIpc) is 3.91. The monoisotopic (exact) mass is 894 g/mol. The van der Waals surface area contributed by atoms with Gasteiger partial charge in [-0.2, -0.15) is 0 Å². The molecule has 2 saturated heterocycles. The van der Waals surface area contributed by atoms with Crippen molar-refractivity contribution < 1.29 is 27.6 Å². The number of carbonyl (C=O) groups is 1. The molecule has 5 aromatic rings. The van der Waals surface area contributed by atoms with E-state index in [4.69, 9.17) is 21.1 Å². The fraction of sp³-hybridized carbons (Fsp3) is 0.391. The number of pyridine rings is 1. The van der Waals surface area contributed by atoms with Gasteiger partial charge in [0.25, 0.3) is 21.6 Å². The number of sulfonamides is 1. The lowest BCUT2D eigenvalue weighted by molar-refractivity contribution is -0.384. The molecule has 3 aliphatic heterocycles. The smallest absolute Gasteiger partial charge is 0.293 e. The lowest BCUT2D eigenvalue weighted by Crippen LogP contribution is -2.47. The van der Waals surface area contributed by atoms with Crippen LogP contribution in [0.2, 0.25) is 5.02 Å². The van der Waals surface area contributed by atoms with Gasteiger partial charge in [0.1, 0.15) is 22.8 Å². The Hall–Kier alpha value is -5.52. The van der Waals surface area contributed by atoms with E-state index in [2.05, 4.69) is 60.7 Å². The number of nitrogens with zero attached hydrogens (tertiary/aromatic N) is 5. The molecule has 17 heteroatoms. The average molecular weight is 895 g/mol. The van der Waals surface area contributed by atoms with Gasteiger partial charge in [0.05, 0.1) is 34.8 Å². The number of anilines is 2. The number of halogens is 1. The highest BCUT2D eigenvalue weighted by atomic mass is 35.5. The fourth-order valence-corrected chi connectivity index (χ4v) is 10.4. The van der Waals surface area contributed by atoms with E-state index in [0.29, 0.717) is 48.8 Å². The molecule has 15 nitrogen and oxygen atoms in total. The summed E-state index contributed by atoms with van der Waals surface area (Å²) in [5.41, 5.74) is 6.21. The second-order valence-corrected chi connectivity index (χ2v) is 19.8. The van der Waals surface area contributed by atoms with Crippen LogP contribution < -0.4 is 19.7 Å². The van der Waals surface area contributed by atoms with Gasteiger partial charge in [-0.25, -0.2) is 18.1 Å². The first kappa shape index (κ1) is 42.8. The number of amides is 1. The highest BCUT2D eigenvalue weighted by Crippen LogP contribution is 2.44. The summed E-state index contributed by atoms with van der Waals surface area (Å²) in [6.45, 7) is 12.0. The summed E-state index contributed by atoms with van der Waals surface area (Å²) in [6.07, 6.45) is 6.88. The summed E-state index contributed by atoms with van der Waals surface area (Å²) in [5, 5.41) is 17.0. The van der Waals surface area contributed by atoms with E-state index >= 15 is 0 Å². The number of allylic oxidation sites excluding steroid dienone is 1. The molecular formula is C46H51ClN8O7S. The van der Waals surface area contributed by atoms with Crippen molar-refractivity contribution in [3.05, 3.63) is 117 Å². The van der Waals surface area contributed by atoms with Gasteiger partial charge in [-0.15, -0.1) is 0 Å². The number of nitrogens with one attached hydrogen (secondary N) is 3. The first-order chi connectivity index (χ1) is 30.3. The molecule has 1 unspecified atom stereocenters. The molecule has 1 atom stereocenters. The molecule has 2 fully saturated rings. The number of aromatic nitrogens is 2. The second kappa shape index (κ2) is 17.6. The zero-order valence-electron chi connectivity index (χ0n) is 35.4. The van der Waals surface area contributed by atoms with E-state index in [1.165, 1.54) is 29.0 Å². The lowest BCUT2D eigenvalue weighted by Gasteiger charge is -2.39. The van der Waals surface area contributed by atoms with Gasteiger partial charge in [0.2, 0.25) is 0 Å². The zero-order valence-corrected chi connectivity index (χ0v) is 36.9. The molecule has 0 bridgehead atoms. The van der Waals surface area contributed by atoms with Crippen LogP contribution in [0.15, 0.2) is 89.6 Å². The zero-order chi connectivity index (χ0) is 43.9. The molecule has 9 rings (SSSR count). The summed E-state index contributed by atoms with van der Waals surface area (Å²) in [7, 11) is -4.58. The van der Waals surface area contributed by atoms with E-state index in [9.17, 15) is 23.3 Å². The number of fused-ring (bicyclic) bond motifs is 2. The predicted octanol–water partition coefficient (Wildman–Crippen LogP) is 7.49.